The molecule has 0 aromatic carbocycles. The zero-order valence-corrected chi connectivity index (χ0v) is 15.1. The van der Waals surface area contributed by atoms with Gasteiger partial charge >= 0.3 is 0 Å². The average molecular weight is 296 g/mol. The molecule has 1 atom stereocenters. The molecule has 0 bridgehead atoms. The minimum atomic E-state index is -0.0915. The molecule has 1 saturated carbocycles. The number of hydrogen-bond acceptors (Lipinski definition) is 3. The van der Waals surface area contributed by atoms with Crippen LogP contribution in [-0.4, -0.2) is 41.3 Å². The smallest absolute Gasteiger partial charge is 0.0761 e. The van der Waals surface area contributed by atoms with E-state index in [2.05, 4.69) is 46.4 Å². The Morgan fingerprint density at radius 3 is 1.95 bits per heavy atom. The quantitative estimate of drug-likeness (QED) is 0.792. The van der Waals surface area contributed by atoms with Crippen molar-refractivity contribution in [3.8, 4) is 0 Å². The molecular weight excluding hydrogens is 260 g/mol. The third kappa shape index (κ3) is 4.00. The topological polar surface area (TPSA) is 38.5 Å². The van der Waals surface area contributed by atoms with E-state index in [9.17, 15) is 0 Å². The molecule has 2 rings (SSSR count). The van der Waals surface area contributed by atoms with Crippen LogP contribution >= 0.6 is 0 Å². The molecule has 1 saturated heterocycles. The van der Waals surface area contributed by atoms with Crippen molar-refractivity contribution in [1.29, 1.82) is 0 Å². The Balaban J connectivity index is 2.23. The van der Waals surface area contributed by atoms with Crippen LogP contribution in [0.5, 0.6) is 0 Å². The summed E-state index contributed by atoms with van der Waals surface area (Å²) in [5.41, 5.74) is 6.78. The number of hydrogen-bond donors (Lipinski definition) is 1. The summed E-state index contributed by atoms with van der Waals surface area (Å²) in [6, 6.07) is 0. The first-order valence-corrected chi connectivity index (χ1v) is 8.65. The van der Waals surface area contributed by atoms with Crippen molar-refractivity contribution < 1.29 is 4.74 Å². The molecule has 1 unspecified atom stereocenters. The Morgan fingerprint density at radius 2 is 1.43 bits per heavy atom. The standard InChI is InChI=1S/C18H36N2O/c1-15(2)8-7-9-18(12-19,11-10-15)20-13-16(3,4)21-17(5,6)14-20/h7-14,19H2,1-6H3. The average Bonchev–Trinajstić information content (AvgIpc) is 2.44. The van der Waals surface area contributed by atoms with Gasteiger partial charge in [0, 0.05) is 25.2 Å². The van der Waals surface area contributed by atoms with Gasteiger partial charge in [-0.15, -0.1) is 0 Å². The lowest BCUT2D eigenvalue weighted by Gasteiger charge is -2.54. The molecule has 1 aliphatic carbocycles. The first kappa shape index (κ1) is 17.2. The zero-order valence-electron chi connectivity index (χ0n) is 15.1. The van der Waals surface area contributed by atoms with Crippen LogP contribution in [0.4, 0.5) is 0 Å². The highest BCUT2D eigenvalue weighted by molar-refractivity contribution is 5.01. The second-order valence-electron chi connectivity index (χ2n) is 9.42. The van der Waals surface area contributed by atoms with Gasteiger partial charge in [0.15, 0.2) is 0 Å². The molecule has 1 aliphatic heterocycles. The summed E-state index contributed by atoms with van der Waals surface area (Å²) in [4.78, 5) is 2.66. The third-order valence-electron chi connectivity index (χ3n) is 5.51. The molecule has 2 aliphatic rings. The fourth-order valence-electron chi connectivity index (χ4n) is 4.49. The van der Waals surface area contributed by atoms with Crippen molar-refractivity contribution in [2.75, 3.05) is 19.6 Å². The number of nitrogens with zero attached hydrogens (tertiary/aromatic N) is 1. The minimum Gasteiger partial charge on any atom is -0.367 e. The summed E-state index contributed by atoms with van der Waals surface area (Å²) < 4.78 is 6.26. The Labute approximate surface area is 131 Å². The molecule has 1 heterocycles. The zero-order chi connectivity index (χ0) is 15.9. The number of nitrogens with two attached hydrogens (primary N) is 1. The molecule has 0 aromatic heterocycles. The molecular formula is C18H36N2O. The van der Waals surface area contributed by atoms with E-state index < -0.39 is 0 Å². The van der Waals surface area contributed by atoms with Gasteiger partial charge in [-0.25, -0.2) is 0 Å². The summed E-state index contributed by atoms with van der Waals surface area (Å²) in [6.07, 6.45) is 6.36. The van der Waals surface area contributed by atoms with Crippen LogP contribution in [0.15, 0.2) is 0 Å². The van der Waals surface area contributed by atoms with Crippen molar-refractivity contribution in [3.05, 3.63) is 0 Å². The highest BCUT2D eigenvalue weighted by atomic mass is 16.5. The maximum absolute atomic E-state index is 6.32. The molecule has 3 heteroatoms. The lowest BCUT2D eigenvalue weighted by molar-refractivity contribution is -0.200. The van der Waals surface area contributed by atoms with Crippen molar-refractivity contribution in [2.45, 2.75) is 90.4 Å². The first-order valence-electron chi connectivity index (χ1n) is 8.65. The van der Waals surface area contributed by atoms with Crippen LogP contribution < -0.4 is 5.73 Å². The third-order valence-corrected chi connectivity index (χ3v) is 5.51. The van der Waals surface area contributed by atoms with E-state index in [-0.39, 0.29) is 16.7 Å². The van der Waals surface area contributed by atoms with Crippen LogP contribution in [0.2, 0.25) is 0 Å². The molecule has 0 radical (unpaired) electrons. The SMILES string of the molecule is CC1(C)CCCC(CN)(N2CC(C)(C)OC(C)(C)C2)CC1. The molecule has 0 spiro atoms. The van der Waals surface area contributed by atoms with Gasteiger partial charge in [0.05, 0.1) is 11.2 Å². The van der Waals surface area contributed by atoms with E-state index in [1.165, 1.54) is 32.1 Å². The normalized spacial score (nSPS) is 36.1. The van der Waals surface area contributed by atoms with E-state index in [0.29, 0.717) is 5.41 Å². The second kappa shape index (κ2) is 5.50. The van der Waals surface area contributed by atoms with Gasteiger partial charge < -0.3 is 10.5 Å². The number of morpholine rings is 1. The fraction of sp³-hybridized carbons (Fsp3) is 1.00. The van der Waals surface area contributed by atoms with Gasteiger partial charge in [0.1, 0.15) is 0 Å². The van der Waals surface area contributed by atoms with Crippen molar-refractivity contribution in [2.24, 2.45) is 11.1 Å². The maximum Gasteiger partial charge on any atom is 0.0761 e. The summed E-state index contributed by atoms with van der Waals surface area (Å²) in [6.45, 7) is 16.4. The summed E-state index contributed by atoms with van der Waals surface area (Å²) in [5, 5.41) is 0. The van der Waals surface area contributed by atoms with E-state index in [1.807, 2.05) is 0 Å². The Kier molecular flexibility index (Phi) is 4.52. The summed E-state index contributed by atoms with van der Waals surface area (Å²) in [5.74, 6) is 0. The molecule has 0 amide bonds. The van der Waals surface area contributed by atoms with Crippen LogP contribution in [0.3, 0.4) is 0 Å². The van der Waals surface area contributed by atoms with Gasteiger partial charge in [-0.2, -0.15) is 0 Å². The van der Waals surface area contributed by atoms with Crippen LogP contribution in [-0.2, 0) is 4.74 Å². The van der Waals surface area contributed by atoms with Crippen LogP contribution in [0, 0.1) is 5.41 Å². The molecule has 124 valence electrons. The lowest BCUT2D eigenvalue weighted by Crippen LogP contribution is -2.66. The highest BCUT2D eigenvalue weighted by Crippen LogP contribution is 2.43. The molecule has 21 heavy (non-hydrogen) atoms. The number of ether oxygens (including phenoxy) is 1. The van der Waals surface area contributed by atoms with Crippen molar-refractivity contribution in [1.82, 2.24) is 4.90 Å². The molecule has 3 nitrogen and oxygen atoms in total. The van der Waals surface area contributed by atoms with Gasteiger partial charge in [-0.05, 0) is 58.8 Å². The minimum absolute atomic E-state index is 0.0915. The van der Waals surface area contributed by atoms with Gasteiger partial charge in [-0.1, -0.05) is 20.3 Å². The van der Waals surface area contributed by atoms with Gasteiger partial charge in [-0.3, -0.25) is 4.90 Å². The second-order valence-corrected chi connectivity index (χ2v) is 9.42. The lowest BCUT2D eigenvalue weighted by atomic mass is 9.81. The number of rotatable bonds is 2. The summed E-state index contributed by atoms with van der Waals surface area (Å²) in [7, 11) is 0. The molecule has 2 fully saturated rings. The fourth-order valence-corrected chi connectivity index (χ4v) is 4.49. The first-order chi connectivity index (χ1) is 9.49. The monoisotopic (exact) mass is 296 g/mol. The van der Waals surface area contributed by atoms with Crippen LogP contribution in [0.1, 0.15) is 73.6 Å². The van der Waals surface area contributed by atoms with Crippen molar-refractivity contribution >= 4 is 0 Å². The highest BCUT2D eigenvalue weighted by Gasteiger charge is 2.47. The Morgan fingerprint density at radius 1 is 0.857 bits per heavy atom. The molecule has 0 aromatic rings. The van der Waals surface area contributed by atoms with Crippen LogP contribution in [0.25, 0.3) is 0 Å². The van der Waals surface area contributed by atoms with E-state index in [4.69, 9.17) is 10.5 Å². The van der Waals surface area contributed by atoms with E-state index in [1.54, 1.807) is 0 Å². The predicted molar refractivity (Wildman–Crippen MR) is 89.5 cm³/mol. The maximum atomic E-state index is 6.32. The van der Waals surface area contributed by atoms with E-state index in [0.717, 1.165) is 19.6 Å². The van der Waals surface area contributed by atoms with Crippen molar-refractivity contribution in [3.63, 3.8) is 0 Å². The van der Waals surface area contributed by atoms with Gasteiger partial charge in [0.2, 0.25) is 0 Å². The van der Waals surface area contributed by atoms with Gasteiger partial charge in [0.25, 0.3) is 0 Å². The summed E-state index contributed by atoms with van der Waals surface area (Å²) >= 11 is 0. The Hall–Kier alpha value is -0.120. The largest absolute Gasteiger partial charge is 0.367 e. The molecule has 2 N–H and O–H groups in total. The Bertz CT molecular complexity index is 359. The van der Waals surface area contributed by atoms with E-state index >= 15 is 0 Å². The predicted octanol–water partition coefficient (Wildman–Crippen LogP) is 3.56.